The molecule has 340 valence electrons. The average molecular weight is 994 g/mol. The van der Waals surface area contributed by atoms with E-state index < -0.39 is 11.7 Å². The van der Waals surface area contributed by atoms with E-state index in [0.717, 1.165) is 79.6 Å². The van der Waals surface area contributed by atoms with Crippen LogP contribution in [0.15, 0.2) is 54.6 Å². The fourth-order valence-electron chi connectivity index (χ4n) is 9.59. The van der Waals surface area contributed by atoms with Gasteiger partial charge in [-0.05, 0) is 38.1 Å². The molecule has 0 spiro atoms. The van der Waals surface area contributed by atoms with Gasteiger partial charge in [-0.1, -0.05) is 0 Å². The number of ether oxygens (including phenoxy) is 10. The van der Waals surface area contributed by atoms with Gasteiger partial charge < -0.3 is 33.9 Å². The number of aliphatic hydroxyl groups is 2. The van der Waals surface area contributed by atoms with Crippen molar-refractivity contribution in [2.75, 3.05) is 41.7 Å². The van der Waals surface area contributed by atoms with Crippen LogP contribution >= 0.6 is 0 Å². The molecule has 10 rings (SSSR count). The van der Waals surface area contributed by atoms with E-state index in [2.05, 4.69) is 26.8 Å². The van der Waals surface area contributed by atoms with E-state index in [1.54, 1.807) is 40.6 Å². The number of carbonyl (C=O) groups is 1. The van der Waals surface area contributed by atoms with E-state index in [-0.39, 0.29) is 43.7 Å². The van der Waals surface area contributed by atoms with Crippen LogP contribution in [0.4, 0.5) is 0 Å². The van der Waals surface area contributed by atoms with Crippen molar-refractivity contribution in [1.29, 1.82) is 0 Å². The Morgan fingerprint density at radius 3 is 1.63 bits per heavy atom. The minimum absolute atomic E-state index is 0.0200. The Morgan fingerprint density at radius 2 is 1.17 bits per heavy atom. The van der Waals surface area contributed by atoms with Crippen molar-refractivity contribution in [3.8, 4) is 46.0 Å². The van der Waals surface area contributed by atoms with Gasteiger partial charge in [-0.2, -0.15) is 0 Å². The van der Waals surface area contributed by atoms with Crippen LogP contribution in [0.3, 0.4) is 0 Å². The molecule has 0 amide bonds. The summed E-state index contributed by atoms with van der Waals surface area (Å²) >= 11 is 1.12. The smallest absolute Gasteiger partial charge is 0.174 e. The van der Waals surface area contributed by atoms with Crippen LogP contribution < -0.4 is 37.9 Å². The standard InChI is InChI=1S/C27H29O6.C24H24O7.Sn.H/c1-6-7-15-12-27(2,3)33-19-9-8-17-25(30-5)24-18-11-20(29-4)16(13-28)10-21(18)31-14-22(24)32-26(17)23(15)19;1-24(2)9-15(26)21-16(31-24)6-5-13-22(28-4)20-14-8-17(27-3)12(10-25)7-18(14)29-11-19(20)30-23(13)21;;/h7-12,22,28H,6,13-14H2,1-5H3;5-8,19,25H,9-11H2,1-4H3;;/t22-;19-;;/m11../s1. The maximum Gasteiger partial charge on any atom is 0.174 e. The first-order chi connectivity index (χ1) is 31.2. The fourth-order valence-corrected chi connectivity index (χ4v) is 10.3. The quantitative estimate of drug-likeness (QED) is 0.164. The molecule has 6 aliphatic rings. The first-order valence-electron chi connectivity index (χ1n) is 21.7. The van der Waals surface area contributed by atoms with Gasteiger partial charge in [0.25, 0.3) is 0 Å². The molecule has 3 atom stereocenters. The molecule has 1 unspecified atom stereocenters. The van der Waals surface area contributed by atoms with Crippen LogP contribution in [-0.2, 0) is 22.7 Å². The molecule has 2 N–H and O–H groups in total. The first kappa shape index (κ1) is 44.7. The predicted molar refractivity (Wildman–Crippen MR) is 246 cm³/mol. The summed E-state index contributed by atoms with van der Waals surface area (Å²) in [6.07, 6.45) is 2.78. The Labute approximate surface area is 391 Å². The molecule has 0 aliphatic carbocycles. The second kappa shape index (κ2) is 17.0. The zero-order valence-corrected chi connectivity index (χ0v) is 41.4. The molecule has 0 saturated heterocycles. The maximum atomic E-state index is 13.0. The van der Waals surface area contributed by atoms with Gasteiger partial charge in [0, 0.05) is 16.7 Å². The number of carbonyl (C=O) groups excluding carboxylic acids is 1. The third-order valence-corrected chi connectivity index (χ3v) is 14.9. The molecule has 65 heavy (non-hydrogen) atoms. The SMILES string of the molecule is CC[CH]([SnH])C1=CC(C)(C)Oc2ccc3c(c21)O[C@@H]1COc2cc(CO)c(OC)cc2C1=C3OC.COC1=C2c3cc(OC)c(CO)cc3OC[C@H]2Oc2c1ccc1c2C(=O)CC(C)(C)O1. The van der Waals surface area contributed by atoms with Crippen molar-refractivity contribution >= 4 is 56.5 Å². The van der Waals surface area contributed by atoms with Gasteiger partial charge in [-0.3, -0.25) is 4.79 Å². The Kier molecular flexibility index (Phi) is 11.7. The number of ketones is 1. The molecule has 4 aromatic rings. The summed E-state index contributed by atoms with van der Waals surface area (Å²) in [5.41, 5.74) is 8.13. The Hall–Kier alpha value is -5.51. The normalized spacial score (nSPS) is 20.3. The van der Waals surface area contributed by atoms with Crippen molar-refractivity contribution in [3.05, 3.63) is 99.1 Å². The van der Waals surface area contributed by atoms with Crippen molar-refractivity contribution < 1.29 is 62.4 Å². The van der Waals surface area contributed by atoms with Gasteiger partial charge in [-0.15, -0.1) is 0 Å². The molecule has 0 fully saturated rings. The number of fused-ring (bicyclic) bond motifs is 12. The van der Waals surface area contributed by atoms with Gasteiger partial charge in [0.1, 0.15) is 46.5 Å². The summed E-state index contributed by atoms with van der Waals surface area (Å²) in [4.78, 5) is 13.0. The van der Waals surface area contributed by atoms with Crippen molar-refractivity contribution in [3.63, 3.8) is 0 Å². The predicted octanol–water partition coefficient (Wildman–Crippen LogP) is 8.11. The number of benzene rings is 4. The summed E-state index contributed by atoms with van der Waals surface area (Å²) < 4.78 is 60.8. The van der Waals surface area contributed by atoms with Crippen LogP contribution in [0.2, 0.25) is 3.93 Å². The number of rotatable bonds is 8. The van der Waals surface area contributed by atoms with Crippen molar-refractivity contribution in [2.24, 2.45) is 0 Å². The molecule has 14 heteroatoms. The van der Waals surface area contributed by atoms with Gasteiger partial charge in [0.15, 0.2) is 11.9 Å². The largest absolute Gasteiger partial charge is 0.496 e. The third-order valence-electron chi connectivity index (χ3n) is 12.5. The molecule has 4 aromatic carbocycles. The van der Waals surface area contributed by atoms with Crippen molar-refractivity contribution in [1.82, 2.24) is 0 Å². The molecule has 0 bridgehead atoms. The second-order valence-corrected chi connectivity index (χ2v) is 20.1. The summed E-state index contributed by atoms with van der Waals surface area (Å²) in [6, 6.07) is 15.0. The summed E-state index contributed by atoms with van der Waals surface area (Å²) in [5, 5.41) is 19.4. The van der Waals surface area contributed by atoms with Crippen LogP contribution in [0.25, 0.3) is 28.2 Å². The minimum Gasteiger partial charge on any atom is -0.496 e. The molecular formula is C51H54O13Sn. The van der Waals surface area contributed by atoms with E-state index in [1.807, 2.05) is 50.2 Å². The van der Waals surface area contributed by atoms with Crippen LogP contribution in [0.1, 0.15) is 96.8 Å². The Morgan fingerprint density at radius 1 is 0.677 bits per heavy atom. The topological polar surface area (TPSA) is 150 Å². The second-order valence-electron chi connectivity index (χ2n) is 17.8. The van der Waals surface area contributed by atoms with E-state index in [9.17, 15) is 15.0 Å². The summed E-state index contributed by atoms with van der Waals surface area (Å²) in [7, 11) is 6.45. The molecule has 6 aliphatic heterocycles. The summed E-state index contributed by atoms with van der Waals surface area (Å²) in [5.74, 6) is 6.46. The Bertz CT molecular complexity index is 2710. The van der Waals surface area contributed by atoms with Gasteiger partial charge >= 0.3 is 209 Å². The zero-order valence-electron chi connectivity index (χ0n) is 38.1. The number of hydrogen-bond acceptors (Lipinski definition) is 13. The van der Waals surface area contributed by atoms with Gasteiger partial charge in [0.05, 0.1) is 32.8 Å². The minimum atomic E-state index is -0.564. The Balaban J connectivity index is 0.000000165. The number of hydrogen-bond donors (Lipinski definition) is 2. The van der Waals surface area contributed by atoms with E-state index in [0.29, 0.717) is 73.1 Å². The van der Waals surface area contributed by atoms with Crippen LogP contribution in [-0.4, -0.2) is 104 Å². The molecule has 13 nitrogen and oxygen atoms in total. The van der Waals surface area contributed by atoms with E-state index in [1.165, 1.54) is 5.57 Å². The monoisotopic (exact) mass is 994 g/mol. The first-order valence-corrected chi connectivity index (χ1v) is 23.6. The van der Waals surface area contributed by atoms with E-state index >= 15 is 0 Å². The number of Topliss-reactive ketones (excluding diaryl/α,β-unsaturated/α-hetero) is 1. The molecule has 6 heterocycles. The number of methoxy groups -OCH3 is 4. The molecule has 2 radical (unpaired) electrons. The zero-order chi connectivity index (χ0) is 46.1. The van der Waals surface area contributed by atoms with Crippen LogP contribution in [0, 0.1) is 0 Å². The van der Waals surface area contributed by atoms with Crippen LogP contribution in [0.5, 0.6) is 46.0 Å². The van der Waals surface area contributed by atoms with E-state index in [4.69, 9.17) is 47.4 Å². The number of aliphatic hydroxyl groups excluding tert-OH is 2. The summed E-state index contributed by atoms with van der Waals surface area (Å²) in [6.45, 7) is 10.5. The molecule has 0 saturated carbocycles. The average Bonchev–Trinajstić information content (AvgIpc) is 3.29. The molecule has 0 aromatic heterocycles. The van der Waals surface area contributed by atoms with Gasteiger partial charge in [-0.25, -0.2) is 0 Å². The van der Waals surface area contributed by atoms with Gasteiger partial charge in [0.2, 0.25) is 0 Å². The molecular weight excluding hydrogens is 939 g/mol. The van der Waals surface area contributed by atoms with Crippen molar-refractivity contribution in [2.45, 2.75) is 88.0 Å². The maximum absolute atomic E-state index is 13.0. The third kappa shape index (κ3) is 7.62. The number of allylic oxidation sites excluding steroid dienone is 1. The fraction of sp³-hybridized carbons (Fsp3) is 0.392.